The van der Waals surface area contributed by atoms with Crippen LogP contribution in [0.1, 0.15) is 31.8 Å². The Morgan fingerprint density at radius 1 is 0.792 bits per heavy atom. The fourth-order valence-corrected chi connectivity index (χ4v) is 2.57. The molecule has 0 spiro atoms. The second-order valence-electron chi connectivity index (χ2n) is 4.73. The zero-order valence-electron chi connectivity index (χ0n) is 11.5. The standard InChI is InChI=1S/C14H6N2O7.Cu/c17-9-5-4-8(16(22)23)11-12(9)13(18)6-2-1-3-7(15(20)21)10(6)14(11)19;/h1-5,17H;. The van der Waals surface area contributed by atoms with Gasteiger partial charge in [0.15, 0.2) is 5.78 Å². The minimum absolute atomic E-state index is 0. The van der Waals surface area contributed by atoms with Crippen LogP contribution in [0.5, 0.6) is 5.75 Å². The first kappa shape index (κ1) is 17.3. The van der Waals surface area contributed by atoms with Crippen molar-refractivity contribution in [3.8, 4) is 5.75 Å². The molecule has 3 rings (SSSR count). The number of nitro groups is 2. The average molecular weight is 378 g/mol. The van der Waals surface area contributed by atoms with Crippen molar-refractivity contribution in [3.05, 3.63) is 72.8 Å². The molecule has 0 aliphatic heterocycles. The molecule has 0 aromatic heterocycles. The van der Waals surface area contributed by atoms with Gasteiger partial charge in [-0.15, -0.1) is 0 Å². The predicted molar refractivity (Wildman–Crippen MR) is 74.7 cm³/mol. The smallest absolute Gasteiger partial charge is 0.281 e. The fraction of sp³-hybridized carbons (Fsp3) is 0. The number of hydrogen-bond donors (Lipinski definition) is 1. The third kappa shape index (κ3) is 2.25. The van der Waals surface area contributed by atoms with Crippen LogP contribution in [-0.2, 0) is 17.1 Å². The molecular formula is C14H6CuN2O7. The Bertz CT molecular complexity index is 939. The Balaban J connectivity index is 0.00000208. The van der Waals surface area contributed by atoms with Gasteiger partial charge in [0.2, 0.25) is 5.78 Å². The molecular weight excluding hydrogens is 372 g/mol. The molecule has 10 heteroatoms. The van der Waals surface area contributed by atoms with E-state index in [0.717, 1.165) is 18.2 Å². The van der Waals surface area contributed by atoms with Crippen LogP contribution in [0.3, 0.4) is 0 Å². The maximum absolute atomic E-state index is 12.6. The van der Waals surface area contributed by atoms with E-state index >= 15 is 0 Å². The molecule has 0 unspecified atom stereocenters. The molecule has 0 fully saturated rings. The fourth-order valence-electron chi connectivity index (χ4n) is 2.57. The molecule has 2 aromatic carbocycles. The summed E-state index contributed by atoms with van der Waals surface area (Å²) >= 11 is 0. The second-order valence-corrected chi connectivity index (χ2v) is 4.73. The molecule has 0 bridgehead atoms. The molecule has 1 aliphatic carbocycles. The summed E-state index contributed by atoms with van der Waals surface area (Å²) in [6, 6.07) is 5.26. The maximum atomic E-state index is 12.6. The minimum atomic E-state index is -1.04. The van der Waals surface area contributed by atoms with Crippen LogP contribution in [0.25, 0.3) is 0 Å². The second kappa shape index (κ2) is 5.84. The van der Waals surface area contributed by atoms with Crippen molar-refractivity contribution in [3.63, 3.8) is 0 Å². The summed E-state index contributed by atoms with van der Waals surface area (Å²) in [6.45, 7) is 0. The number of aromatic hydroxyl groups is 1. The number of hydrogen-bond acceptors (Lipinski definition) is 7. The molecule has 2 aromatic rings. The number of benzene rings is 2. The Morgan fingerprint density at radius 3 is 1.96 bits per heavy atom. The minimum Gasteiger partial charge on any atom is -0.507 e. The van der Waals surface area contributed by atoms with E-state index in [4.69, 9.17) is 0 Å². The average Bonchev–Trinajstić information content (AvgIpc) is 2.51. The number of phenols is 1. The first-order valence-electron chi connectivity index (χ1n) is 6.21. The van der Waals surface area contributed by atoms with E-state index in [0.29, 0.717) is 0 Å². The zero-order chi connectivity index (χ0) is 16.9. The molecule has 24 heavy (non-hydrogen) atoms. The largest absolute Gasteiger partial charge is 0.507 e. The van der Waals surface area contributed by atoms with Gasteiger partial charge >= 0.3 is 0 Å². The molecule has 1 radical (unpaired) electrons. The normalized spacial score (nSPS) is 12.0. The Hall–Kier alpha value is -3.10. The van der Waals surface area contributed by atoms with E-state index in [9.17, 15) is 34.9 Å². The Labute approximate surface area is 143 Å². The van der Waals surface area contributed by atoms with Gasteiger partial charge in [0.25, 0.3) is 11.4 Å². The summed E-state index contributed by atoms with van der Waals surface area (Å²) in [6.07, 6.45) is 0. The number of nitro benzene ring substituents is 2. The molecule has 1 aliphatic rings. The van der Waals surface area contributed by atoms with Crippen LogP contribution in [0, 0.1) is 20.2 Å². The van der Waals surface area contributed by atoms with E-state index in [1.54, 1.807) is 0 Å². The van der Waals surface area contributed by atoms with Crippen molar-refractivity contribution in [1.82, 2.24) is 0 Å². The molecule has 0 amide bonds. The van der Waals surface area contributed by atoms with Crippen LogP contribution in [0.4, 0.5) is 11.4 Å². The molecule has 0 atom stereocenters. The Morgan fingerprint density at radius 2 is 1.38 bits per heavy atom. The molecule has 0 saturated heterocycles. The van der Waals surface area contributed by atoms with Crippen molar-refractivity contribution in [1.29, 1.82) is 0 Å². The van der Waals surface area contributed by atoms with Crippen molar-refractivity contribution in [2.75, 3.05) is 0 Å². The molecule has 1 N–H and O–H groups in total. The van der Waals surface area contributed by atoms with Gasteiger partial charge in [-0.1, -0.05) is 6.07 Å². The van der Waals surface area contributed by atoms with Gasteiger partial charge in [0, 0.05) is 34.8 Å². The number of phenolic OH excluding ortho intramolecular Hbond substituents is 1. The van der Waals surface area contributed by atoms with E-state index in [2.05, 4.69) is 0 Å². The van der Waals surface area contributed by atoms with Gasteiger partial charge < -0.3 is 5.11 Å². The summed E-state index contributed by atoms with van der Waals surface area (Å²) in [5.74, 6) is -2.51. The van der Waals surface area contributed by atoms with Gasteiger partial charge in [-0.2, -0.15) is 0 Å². The van der Waals surface area contributed by atoms with Gasteiger partial charge in [-0.05, 0) is 12.1 Å². The summed E-state index contributed by atoms with van der Waals surface area (Å²) < 4.78 is 0. The van der Waals surface area contributed by atoms with Gasteiger partial charge in [0.05, 0.1) is 15.4 Å². The van der Waals surface area contributed by atoms with E-state index in [1.807, 2.05) is 0 Å². The molecule has 0 heterocycles. The maximum Gasteiger partial charge on any atom is 0.281 e. The van der Waals surface area contributed by atoms with Crippen molar-refractivity contribution in [2.45, 2.75) is 0 Å². The number of carbonyl (C=O) groups is 2. The predicted octanol–water partition coefficient (Wildman–Crippen LogP) is 1.98. The SMILES string of the molecule is O=C1c2cccc([N+](=O)[O-])c2C(=O)c2c([N+](=O)[O-])ccc(O)c21.[Cu]. The number of ketones is 2. The third-order valence-corrected chi connectivity index (χ3v) is 3.52. The summed E-state index contributed by atoms with van der Waals surface area (Å²) in [5, 5.41) is 32.0. The van der Waals surface area contributed by atoms with Crippen LogP contribution in [-0.4, -0.2) is 26.5 Å². The van der Waals surface area contributed by atoms with Crippen molar-refractivity contribution in [2.24, 2.45) is 0 Å². The zero-order valence-corrected chi connectivity index (χ0v) is 12.4. The van der Waals surface area contributed by atoms with Crippen LogP contribution in [0.2, 0.25) is 0 Å². The number of nitrogens with zero attached hydrogens (tertiary/aromatic N) is 2. The summed E-state index contributed by atoms with van der Waals surface area (Å²) in [7, 11) is 0. The quantitative estimate of drug-likeness (QED) is 0.409. The van der Waals surface area contributed by atoms with Crippen LogP contribution in [0.15, 0.2) is 30.3 Å². The third-order valence-electron chi connectivity index (χ3n) is 3.52. The molecule has 125 valence electrons. The van der Waals surface area contributed by atoms with Crippen molar-refractivity contribution < 1.29 is 41.6 Å². The van der Waals surface area contributed by atoms with E-state index < -0.39 is 55.2 Å². The number of fused-ring (bicyclic) bond motifs is 2. The summed E-state index contributed by atoms with van der Waals surface area (Å²) in [4.78, 5) is 45.5. The van der Waals surface area contributed by atoms with Gasteiger partial charge in [-0.25, -0.2) is 0 Å². The van der Waals surface area contributed by atoms with Crippen LogP contribution >= 0.6 is 0 Å². The van der Waals surface area contributed by atoms with Gasteiger partial charge in [-0.3, -0.25) is 29.8 Å². The van der Waals surface area contributed by atoms with E-state index in [1.165, 1.54) is 12.1 Å². The van der Waals surface area contributed by atoms with E-state index in [-0.39, 0.29) is 22.6 Å². The molecule has 9 nitrogen and oxygen atoms in total. The Kier molecular flexibility index (Phi) is 4.20. The first-order valence-corrected chi connectivity index (χ1v) is 6.21. The monoisotopic (exact) mass is 377 g/mol. The number of rotatable bonds is 2. The topological polar surface area (TPSA) is 141 Å². The summed E-state index contributed by atoms with van der Waals surface area (Å²) in [5.41, 5.74) is -3.25. The van der Waals surface area contributed by atoms with Crippen LogP contribution < -0.4 is 0 Å². The van der Waals surface area contributed by atoms with Crippen molar-refractivity contribution >= 4 is 22.9 Å². The number of carbonyl (C=O) groups excluding carboxylic acids is 2. The molecule has 0 saturated carbocycles. The first-order chi connectivity index (χ1) is 10.8. The van der Waals surface area contributed by atoms with Gasteiger partial charge in [0.1, 0.15) is 16.9 Å².